The zero-order chi connectivity index (χ0) is 23.2. The highest BCUT2D eigenvalue weighted by molar-refractivity contribution is 5.68. The number of aryl methyl sites for hydroxylation is 1. The Hall–Kier alpha value is -2.85. The summed E-state index contributed by atoms with van der Waals surface area (Å²) in [5.41, 5.74) is 8.53. The maximum atomic E-state index is 9.11. The second-order valence-electron chi connectivity index (χ2n) is 10.0. The molecule has 0 aromatic heterocycles. The molecule has 0 amide bonds. The Morgan fingerprint density at radius 3 is 2.09 bits per heavy atom. The molecule has 0 heterocycles. The van der Waals surface area contributed by atoms with Crippen molar-refractivity contribution in [1.29, 1.82) is 5.26 Å². The molecule has 0 N–H and O–H groups in total. The van der Waals surface area contributed by atoms with Gasteiger partial charge in [-0.15, -0.1) is 0 Å². The van der Waals surface area contributed by atoms with Crippen LogP contribution in [0, 0.1) is 24.2 Å². The Balaban J connectivity index is 1.40. The molecule has 0 radical (unpaired) electrons. The fourth-order valence-electron chi connectivity index (χ4n) is 5.54. The van der Waals surface area contributed by atoms with Gasteiger partial charge in [0.15, 0.2) is 0 Å². The van der Waals surface area contributed by atoms with Crippen LogP contribution in [0.4, 0.5) is 0 Å². The third kappa shape index (κ3) is 5.56. The molecular formula is C32H37N. The van der Waals surface area contributed by atoms with Gasteiger partial charge in [0, 0.05) is 5.92 Å². The highest BCUT2D eigenvalue weighted by Crippen LogP contribution is 2.38. The van der Waals surface area contributed by atoms with E-state index in [1.165, 1.54) is 72.8 Å². The minimum atomic E-state index is 0.375. The van der Waals surface area contributed by atoms with Gasteiger partial charge in [-0.1, -0.05) is 87.7 Å². The highest BCUT2D eigenvalue weighted by Gasteiger charge is 2.22. The molecule has 1 atom stereocenters. The molecule has 3 aromatic carbocycles. The number of hydrogen-bond donors (Lipinski definition) is 0. The quantitative estimate of drug-likeness (QED) is 0.363. The number of benzene rings is 3. The number of nitriles is 1. The maximum absolute atomic E-state index is 9.11. The average Bonchev–Trinajstić information content (AvgIpc) is 2.87. The van der Waals surface area contributed by atoms with Gasteiger partial charge in [0.05, 0.1) is 11.6 Å². The van der Waals surface area contributed by atoms with Crippen LogP contribution in [-0.2, 0) is 0 Å². The number of hydrogen-bond acceptors (Lipinski definition) is 1. The van der Waals surface area contributed by atoms with Crippen molar-refractivity contribution in [2.45, 2.75) is 77.6 Å². The molecule has 33 heavy (non-hydrogen) atoms. The summed E-state index contributed by atoms with van der Waals surface area (Å²) in [6.07, 6.45) is 9.71. The van der Waals surface area contributed by atoms with E-state index < -0.39 is 0 Å². The lowest BCUT2D eigenvalue weighted by Crippen LogP contribution is -2.13. The molecule has 0 bridgehead atoms. The Labute approximate surface area is 200 Å². The first kappa shape index (κ1) is 23.3. The van der Waals surface area contributed by atoms with Gasteiger partial charge in [-0.3, -0.25) is 0 Å². The van der Waals surface area contributed by atoms with Crippen molar-refractivity contribution in [3.05, 3.63) is 94.5 Å². The predicted octanol–water partition coefficient (Wildman–Crippen LogP) is 9.15. The van der Waals surface area contributed by atoms with Crippen LogP contribution in [0.5, 0.6) is 0 Å². The first-order chi connectivity index (χ1) is 16.1. The summed E-state index contributed by atoms with van der Waals surface area (Å²) in [5, 5.41) is 9.11. The van der Waals surface area contributed by atoms with Gasteiger partial charge in [-0.25, -0.2) is 0 Å². The van der Waals surface area contributed by atoms with Crippen LogP contribution in [-0.4, -0.2) is 0 Å². The number of unbranched alkanes of at least 4 members (excludes halogenated alkanes) is 1. The van der Waals surface area contributed by atoms with E-state index in [0.29, 0.717) is 5.92 Å². The molecule has 1 saturated carbocycles. The summed E-state index contributed by atoms with van der Waals surface area (Å²) in [4.78, 5) is 0. The molecule has 1 fully saturated rings. The van der Waals surface area contributed by atoms with Crippen LogP contribution >= 0.6 is 0 Å². The van der Waals surface area contributed by atoms with E-state index in [1.54, 1.807) is 0 Å². The number of nitrogens with zero attached hydrogens (tertiary/aromatic N) is 1. The second-order valence-corrected chi connectivity index (χ2v) is 10.0. The monoisotopic (exact) mass is 435 g/mol. The summed E-state index contributed by atoms with van der Waals surface area (Å²) in [6.45, 7) is 6.68. The average molecular weight is 436 g/mol. The standard InChI is InChI=1S/C32H37N/c1-4-5-6-25-7-10-29(11-8-25)30-16-12-27(13-17-30)24(3)28-14-18-31(19-15-28)32-20-9-26(22-33)21-23(32)2/h9,12-21,24-25,29H,4-8,10-11H2,1-3H3. The van der Waals surface area contributed by atoms with Crippen molar-refractivity contribution in [1.82, 2.24) is 0 Å². The van der Waals surface area contributed by atoms with Gasteiger partial charge in [0.2, 0.25) is 0 Å². The molecular weight excluding hydrogens is 398 g/mol. The van der Waals surface area contributed by atoms with E-state index >= 15 is 0 Å². The largest absolute Gasteiger partial charge is 0.192 e. The van der Waals surface area contributed by atoms with E-state index in [9.17, 15) is 0 Å². The van der Waals surface area contributed by atoms with Crippen molar-refractivity contribution < 1.29 is 0 Å². The summed E-state index contributed by atoms with van der Waals surface area (Å²) in [5.74, 6) is 2.10. The first-order valence-electron chi connectivity index (χ1n) is 12.8. The third-order valence-electron chi connectivity index (χ3n) is 7.80. The molecule has 4 rings (SSSR count). The zero-order valence-corrected chi connectivity index (χ0v) is 20.5. The molecule has 1 nitrogen and oxygen atoms in total. The van der Waals surface area contributed by atoms with Crippen LogP contribution in [0.3, 0.4) is 0 Å². The van der Waals surface area contributed by atoms with Crippen molar-refractivity contribution in [3.63, 3.8) is 0 Å². The highest BCUT2D eigenvalue weighted by atomic mass is 14.3. The Bertz CT molecular complexity index is 1080. The van der Waals surface area contributed by atoms with Gasteiger partial charge in [-0.2, -0.15) is 5.26 Å². The van der Waals surface area contributed by atoms with E-state index in [2.05, 4.69) is 81.4 Å². The lowest BCUT2D eigenvalue weighted by atomic mass is 9.77. The number of rotatable bonds is 7. The van der Waals surface area contributed by atoms with E-state index in [4.69, 9.17) is 5.26 Å². The smallest absolute Gasteiger partial charge is 0.0991 e. The molecule has 3 aromatic rings. The summed E-state index contributed by atoms with van der Waals surface area (Å²) < 4.78 is 0. The van der Waals surface area contributed by atoms with Crippen LogP contribution in [0.15, 0.2) is 66.7 Å². The summed E-state index contributed by atoms with van der Waals surface area (Å²) in [7, 11) is 0. The molecule has 1 unspecified atom stereocenters. The van der Waals surface area contributed by atoms with E-state index in [1.807, 2.05) is 12.1 Å². The minimum absolute atomic E-state index is 0.375. The molecule has 0 saturated heterocycles. The normalized spacial score (nSPS) is 19.1. The molecule has 1 aliphatic rings. The second kappa shape index (κ2) is 10.8. The van der Waals surface area contributed by atoms with Crippen molar-refractivity contribution >= 4 is 0 Å². The van der Waals surface area contributed by atoms with Gasteiger partial charge >= 0.3 is 0 Å². The minimum Gasteiger partial charge on any atom is -0.192 e. The van der Waals surface area contributed by atoms with Gasteiger partial charge in [-0.05, 0) is 90.0 Å². The van der Waals surface area contributed by atoms with Crippen LogP contribution in [0.2, 0.25) is 0 Å². The predicted molar refractivity (Wildman–Crippen MR) is 140 cm³/mol. The molecule has 170 valence electrons. The van der Waals surface area contributed by atoms with Gasteiger partial charge in [0.25, 0.3) is 0 Å². The van der Waals surface area contributed by atoms with Crippen LogP contribution in [0.25, 0.3) is 11.1 Å². The topological polar surface area (TPSA) is 23.8 Å². The molecule has 1 aliphatic carbocycles. The van der Waals surface area contributed by atoms with Crippen molar-refractivity contribution in [3.8, 4) is 17.2 Å². The summed E-state index contributed by atoms with van der Waals surface area (Å²) >= 11 is 0. The third-order valence-corrected chi connectivity index (χ3v) is 7.80. The van der Waals surface area contributed by atoms with Gasteiger partial charge < -0.3 is 0 Å². The Morgan fingerprint density at radius 2 is 1.52 bits per heavy atom. The van der Waals surface area contributed by atoms with Crippen molar-refractivity contribution in [2.24, 2.45) is 5.92 Å². The van der Waals surface area contributed by atoms with E-state index in [0.717, 1.165) is 23.0 Å². The SMILES string of the molecule is CCCCC1CCC(c2ccc(C(C)c3ccc(-c4ccc(C#N)cc4C)cc3)cc2)CC1. The van der Waals surface area contributed by atoms with Crippen molar-refractivity contribution in [2.75, 3.05) is 0 Å². The van der Waals surface area contributed by atoms with Crippen LogP contribution < -0.4 is 0 Å². The molecule has 0 aliphatic heterocycles. The maximum Gasteiger partial charge on any atom is 0.0991 e. The lowest BCUT2D eigenvalue weighted by Gasteiger charge is -2.29. The van der Waals surface area contributed by atoms with Gasteiger partial charge in [0.1, 0.15) is 0 Å². The lowest BCUT2D eigenvalue weighted by molar-refractivity contribution is 0.304. The Morgan fingerprint density at radius 1 is 0.879 bits per heavy atom. The first-order valence-corrected chi connectivity index (χ1v) is 12.8. The Kier molecular flexibility index (Phi) is 7.66. The zero-order valence-electron chi connectivity index (χ0n) is 20.5. The van der Waals surface area contributed by atoms with E-state index in [-0.39, 0.29) is 0 Å². The molecule has 0 spiro atoms. The fraction of sp³-hybridized carbons (Fsp3) is 0.406. The molecule has 1 heteroatoms. The fourth-order valence-corrected chi connectivity index (χ4v) is 5.54. The summed E-state index contributed by atoms with van der Waals surface area (Å²) in [6, 6.07) is 26.5. The van der Waals surface area contributed by atoms with Crippen LogP contribution in [0.1, 0.15) is 98.4 Å².